The lowest BCUT2D eigenvalue weighted by Gasteiger charge is -2.03. The second-order valence-electron chi connectivity index (χ2n) is 3.43. The number of nitrogens with zero attached hydrogens (tertiary/aromatic N) is 2. The van der Waals surface area contributed by atoms with Gasteiger partial charge in [0.1, 0.15) is 11.6 Å². The Bertz CT molecular complexity index is 656. The largest absolute Gasteiger partial charge is 0.478 e. The quantitative estimate of drug-likeness (QED) is 0.882. The summed E-state index contributed by atoms with van der Waals surface area (Å²) in [7, 11) is 0. The summed E-state index contributed by atoms with van der Waals surface area (Å²) in [6.07, 6.45) is -4.70. The predicted molar refractivity (Wildman–Crippen MR) is 58.3 cm³/mol. The van der Waals surface area contributed by atoms with E-state index in [9.17, 15) is 22.4 Å². The molecular weight excluding hydrogens is 304 g/mol. The van der Waals surface area contributed by atoms with E-state index in [0.29, 0.717) is 11.5 Å². The third-order valence-corrected chi connectivity index (χ3v) is 2.63. The number of carboxylic acids is 1. The minimum Gasteiger partial charge on any atom is -0.478 e. The number of hydrogen-bond acceptors (Lipinski definition) is 5. The van der Waals surface area contributed by atoms with Crippen LogP contribution in [-0.2, 0) is 6.18 Å². The standard InChI is InChI=1S/C10H4F4N2O3S/c11-6-3-4(1-2-5(6)7(17)18)19-9-15-8(16-20-9)10(12,13)14/h1-3H,(H,17,18). The summed E-state index contributed by atoms with van der Waals surface area (Å²) in [6, 6.07) is 2.76. The van der Waals surface area contributed by atoms with E-state index in [4.69, 9.17) is 9.84 Å². The third kappa shape index (κ3) is 3.02. The van der Waals surface area contributed by atoms with Crippen LogP contribution >= 0.6 is 11.5 Å². The Balaban J connectivity index is 2.20. The molecule has 20 heavy (non-hydrogen) atoms. The molecule has 10 heteroatoms. The lowest BCUT2D eigenvalue weighted by molar-refractivity contribution is -0.144. The van der Waals surface area contributed by atoms with E-state index in [-0.39, 0.29) is 5.75 Å². The van der Waals surface area contributed by atoms with Crippen molar-refractivity contribution in [2.45, 2.75) is 6.18 Å². The van der Waals surface area contributed by atoms with Gasteiger partial charge in [-0.25, -0.2) is 9.18 Å². The summed E-state index contributed by atoms with van der Waals surface area (Å²) >= 11 is 0.346. The van der Waals surface area contributed by atoms with Crippen molar-refractivity contribution in [3.8, 4) is 10.9 Å². The van der Waals surface area contributed by atoms with Crippen LogP contribution in [0.4, 0.5) is 17.6 Å². The fraction of sp³-hybridized carbons (Fsp3) is 0.100. The first-order valence-corrected chi connectivity index (χ1v) is 5.66. The van der Waals surface area contributed by atoms with Crippen LogP contribution in [0.15, 0.2) is 18.2 Å². The molecule has 1 aromatic heterocycles. The van der Waals surface area contributed by atoms with Crippen LogP contribution in [0.2, 0.25) is 0 Å². The molecule has 2 aromatic rings. The molecule has 1 aromatic carbocycles. The SMILES string of the molecule is O=C(O)c1ccc(Oc2nc(C(F)(F)F)ns2)cc1F. The molecule has 0 aliphatic carbocycles. The van der Waals surface area contributed by atoms with Crippen LogP contribution in [0, 0.1) is 5.82 Å². The van der Waals surface area contributed by atoms with E-state index in [1.54, 1.807) is 0 Å². The Hall–Kier alpha value is -2.23. The number of ether oxygens (including phenoxy) is 1. The van der Waals surface area contributed by atoms with Gasteiger partial charge in [0.15, 0.2) is 0 Å². The molecule has 0 spiro atoms. The molecule has 1 N–H and O–H groups in total. The number of hydrogen-bond donors (Lipinski definition) is 1. The van der Waals surface area contributed by atoms with Crippen molar-refractivity contribution in [2.75, 3.05) is 0 Å². The highest BCUT2D eigenvalue weighted by Crippen LogP contribution is 2.31. The Kier molecular flexibility index (Phi) is 3.57. The molecular formula is C10H4F4N2O3S. The van der Waals surface area contributed by atoms with Crippen molar-refractivity contribution in [1.82, 2.24) is 9.36 Å². The molecule has 0 saturated heterocycles. The van der Waals surface area contributed by atoms with E-state index >= 15 is 0 Å². The van der Waals surface area contributed by atoms with Crippen molar-refractivity contribution >= 4 is 17.5 Å². The minimum atomic E-state index is -4.70. The Morgan fingerprint density at radius 2 is 2.05 bits per heavy atom. The van der Waals surface area contributed by atoms with Crippen LogP contribution in [0.5, 0.6) is 10.9 Å². The van der Waals surface area contributed by atoms with Gasteiger partial charge in [-0.2, -0.15) is 22.5 Å². The Morgan fingerprint density at radius 3 is 2.55 bits per heavy atom. The summed E-state index contributed by atoms with van der Waals surface area (Å²) in [4.78, 5) is 13.7. The lowest BCUT2D eigenvalue weighted by Crippen LogP contribution is -2.06. The highest BCUT2D eigenvalue weighted by atomic mass is 32.1. The first-order chi connectivity index (χ1) is 9.27. The summed E-state index contributed by atoms with van der Waals surface area (Å²) in [6.45, 7) is 0. The topological polar surface area (TPSA) is 72.3 Å². The van der Waals surface area contributed by atoms with Crippen LogP contribution in [-0.4, -0.2) is 20.4 Å². The lowest BCUT2D eigenvalue weighted by atomic mass is 10.2. The molecule has 0 unspecified atom stereocenters. The van der Waals surface area contributed by atoms with Crippen LogP contribution < -0.4 is 4.74 Å². The maximum Gasteiger partial charge on any atom is 0.452 e. The maximum atomic E-state index is 13.3. The van der Waals surface area contributed by atoms with Gasteiger partial charge < -0.3 is 9.84 Å². The molecule has 0 atom stereocenters. The molecule has 5 nitrogen and oxygen atoms in total. The molecule has 0 aliphatic rings. The number of carboxylic acid groups (broad SMARTS) is 1. The fourth-order valence-electron chi connectivity index (χ4n) is 1.20. The smallest absolute Gasteiger partial charge is 0.452 e. The van der Waals surface area contributed by atoms with Gasteiger partial charge in [0.25, 0.3) is 11.0 Å². The average molecular weight is 308 g/mol. The van der Waals surface area contributed by atoms with Gasteiger partial charge in [-0.05, 0) is 12.1 Å². The third-order valence-electron chi connectivity index (χ3n) is 2.04. The highest BCUT2D eigenvalue weighted by Gasteiger charge is 2.36. The summed E-state index contributed by atoms with van der Waals surface area (Å²) < 4.78 is 58.0. The molecule has 0 saturated carbocycles. The Morgan fingerprint density at radius 1 is 1.35 bits per heavy atom. The normalized spacial score (nSPS) is 11.4. The van der Waals surface area contributed by atoms with Crippen molar-refractivity contribution in [2.24, 2.45) is 0 Å². The number of aromatic carboxylic acids is 1. The number of aromatic nitrogens is 2. The van der Waals surface area contributed by atoms with Gasteiger partial charge in [-0.1, -0.05) is 0 Å². The van der Waals surface area contributed by atoms with E-state index in [2.05, 4.69) is 9.36 Å². The summed E-state index contributed by atoms with van der Waals surface area (Å²) in [5.41, 5.74) is -0.578. The van der Waals surface area contributed by atoms with Crippen LogP contribution in [0.25, 0.3) is 0 Å². The predicted octanol–water partition coefficient (Wildman–Crippen LogP) is 3.19. The van der Waals surface area contributed by atoms with Crippen molar-refractivity contribution in [3.05, 3.63) is 35.4 Å². The molecule has 0 aliphatic heterocycles. The van der Waals surface area contributed by atoms with Gasteiger partial charge >= 0.3 is 12.1 Å². The van der Waals surface area contributed by atoms with Gasteiger partial charge in [-0.15, -0.1) is 0 Å². The van der Waals surface area contributed by atoms with E-state index < -0.39 is 34.5 Å². The van der Waals surface area contributed by atoms with Gasteiger partial charge in [0.2, 0.25) is 0 Å². The molecule has 2 rings (SSSR count). The number of halogens is 4. The first kappa shape index (κ1) is 14.2. The number of carbonyl (C=O) groups is 1. The Labute approximate surface area is 112 Å². The molecule has 0 radical (unpaired) electrons. The van der Waals surface area contributed by atoms with E-state index in [1.807, 2.05) is 0 Å². The zero-order valence-corrected chi connectivity index (χ0v) is 10.1. The van der Waals surface area contributed by atoms with E-state index in [0.717, 1.165) is 18.2 Å². The van der Waals surface area contributed by atoms with Gasteiger partial charge in [-0.3, -0.25) is 0 Å². The van der Waals surface area contributed by atoms with Gasteiger partial charge in [0, 0.05) is 17.6 Å². The van der Waals surface area contributed by atoms with Crippen molar-refractivity contribution < 1.29 is 32.2 Å². The van der Waals surface area contributed by atoms with Crippen LogP contribution in [0.3, 0.4) is 0 Å². The van der Waals surface area contributed by atoms with Crippen molar-refractivity contribution in [1.29, 1.82) is 0 Å². The number of alkyl halides is 3. The van der Waals surface area contributed by atoms with Crippen molar-refractivity contribution in [3.63, 3.8) is 0 Å². The molecule has 1 heterocycles. The zero-order valence-electron chi connectivity index (χ0n) is 9.31. The molecule has 0 amide bonds. The van der Waals surface area contributed by atoms with E-state index in [1.165, 1.54) is 0 Å². The number of benzene rings is 1. The second kappa shape index (κ2) is 5.04. The fourth-order valence-corrected chi connectivity index (χ4v) is 1.77. The molecule has 0 bridgehead atoms. The zero-order chi connectivity index (χ0) is 14.9. The number of rotatable bonds is 3. The highest BCUT2D eigenvalue weighted by molar-refractivity contribution is 7.07. The summed E-state index contributed by atoms with van der Waals surface area (Å²) in [5, 5.41) is 8.18. The molecule has 106 valence electrons. The molecule has 0 fully saturated rings. The average Bonchev–Trinajstić information content (AvgIpc) is 2.76. The van der Waals surface area contributed by atoms with Crippen LogP contribution in [0.1, 0.15) is 16.2 Å². The summed E-state index contributed by atoms with van der Waals surface area (Å²) in [5.74, 6) is -4.09. The monoisotopic (exact) mass is 308 g/mol. The minimum absolute atomic E-state index is 0.183. The second-order valence-corrected chi connectivity index (χ2v) is 4.14. The maximum absolute atomic E-state index is 13.3. The first-order valence-electron chi connectivity index (χ1n) is 4.89. The van der Waals surface area contributed by atoms with Gasteiger partial charge in [0.05, 0.1) is 5.56 Å².